The Kier molecular flexibility index (Phi) is 5.46. The molecule has 0 aliphatic heterocycles. The normalized spacial score (nSPS) is 10.9. The van der Waals surface area contributed by atoms with Crippen molar-refractivity contribution in [2.45, 2.75) is 11.8 Å². The molecule has 138 valence electrons. The Morgan fingerprint density at radius 3 is 2.08 bits per heavy atom. The van der Waals surface area contributed by atoms with Gasteiger partial charge in [-0.05, 0) is 25.1 Å². The maximum atomic E-state index is 12.5. The van der Waals surface area contributed by atoms with E-state index in [-0.39, 0.29) is 39.1 Å². The molecule has 2 aromatic rings. The number of anilines is 1. The number of methoxy groups -OCH3 is 2. The number of carbonyl (C=O) groups excluding carboxylic acids is 1. The van der Waals surface area contributed by atoms with Crippen LogP contribution in [0.2, 0.25) is 0 Å². The highest BCUT2D eigenvalue weighted by atomic mass is 32.2. The number of nitro groups is 1. The molecule has 1 N–H and O–H groups in total. The van der Waals surface area contributed by atoms with Crippen molar-refractivity contribution in [2.75, 3.05) is 18.9 Å². The van der Waals surface area contributed by atoms with Gasteiger partial charge in [-0.2, -0.15) is 0 Å². The first-order valence-corrected chi connectivity index (χ1v) is 8.72. The highest BCUT2D eigenvalue weighted by Crippen LogP contribution is 2.34. The molecule has 0 aliphatic carbocycles. The zero-order valence-corrected chi connectivity index (χ0v) is 15.0. The number of nitrogens with one attached hydrogen (secondary N) is 1. The van der Waals surface area contributed by atoms with E-state index in [1.54, 1.807) is 0 Å². The van der Waals surface area contributed by atoms with Gasteiger partial charge in [0.1, 0.15) is 0 Å². The third-order valence-corrected chi connectivity index (χ3v) is 4.89. The molecule has 0 amide bonds. The molecule has 0 saturated carbocycles. The molecule has 9 nitrogen and oxygen atoms in total. The number of sulfonamides is 1. The SMILES string of the molecule is COc1cc(NS(=O)(=O)c2ccc([N+](=O)[O-])cc2)c(C(C)=O)cc1OC. The number of ketones is 1. The van der Waals surface area contributed by atoms with Gasteiger partial charge in [0.25, 0.3) is 15.7 Å². The van der Waals surface area contributed by atoms with Gasteiger partial charge in [0.2, 0.25) is 0 Å². The van der Waals surface area contributed by atoms with Crippen LogP contribution in [0.4, 0.5) is 11.4 Å². The Balaban J connectivity index is 2.48. The second kappa shape index (κ2) is 7.40. The standard InChI is InChI=1S/C16H16N2O7S/c1-10(19)13-8-15(24-2)16(25-3)9-14(13)17-26(22,23)12-6-4-11(5-7-12)18(20)21/h4-9,17H,1-3H3. The summed E-state index contributed by atoms with van der Waals surface area (Å²) in [7, 11) is -1.31. The molecule has 0 atom stereocenters. The van der Waals surface area contributed by atoms with E-state index in [1.807, 2.05) is 0 Å². The van der Waals surface area contributed by atoms with Gasteiger partial charge in [-0.3, -0.25) is 19.6 Å². The molecule has 0 saturated heterocycles. The summed E-state index contributed by atoms with van der Waals surface area (Å²) in [5.41, 5.74) is -0.138. The Morgan fingerprint density at radius 1 is 1.08 bits per heavy atom. The zero-order chi connectivity index (χ0) is 19.5. The monoisotopic (exact) mass is 380 g/mol. The van der Waals surface area contributed by atoms with Crippen LogP contribution in [0.1, 0.15) is 17.3 Å². The van der Waals surface area contributed by atoms with Crippen molar-refractivity contribution in [3.63, 3.8) is 0 Å². The Morgan fingerprint density at radius 2 is 1.62 bits per heavy atom. The van der Waals surface area contributed by atoms with Crippen molar-refractivity contribution in [1.29, 1.82) is 0 Å². The Hall–Kier alpha value is -3.14. The molecule has 10 heteroatoms. The number of benzene rings is 2. The summed E-state index contributed by atoms with van der Waals surface area (Å²) in [6.45, 7) is 1.28. The fraction of sp³-hybridized carbons (Fsp3) is 0.188. The number of carbonyl (C=O) groups is 1. The van der Waals surface area contributed by atoms with Crippen LogP contribution in [0.25, 0.3) is 0 Å². The van der Waals surface area contributed by atoms with Crippen LogP contribution in [0.3, 0.4) is 0 Å². The summed E-state index contributed by atoms with van der Waals surface area (Å²) < 4.78 is 37.6. The molecule has 0 bridgehead atoms. The molecule has 0 fully saturated rings. The minimum absolute atomic E-state index is 0.00787. The molecule has 2 aromatic carbocycles. The molecular formula is C16H16N2O7S. The van der Waals surface area contributed by atoms with E-state index >= 15 is 0 Å². The number of non-ortho nitro benzene ring substituents is 1. The maximum absolute atomic E-state index is 12.5. The third kappa shape index (κ3) is 3.91. The van der Waals surface area contributed by atoms with Crippen LogP contribution < -0.4 is 14.2 Å². The number of hydrogen-bond acceptors (Lipinski definition) is 7. The van der Waals surface area contributed by atoms with Gasteiger partial charge < -0.3 is 9.47 Å². The van der Waals surface area contributed by atoms with E-state index in [0.717, 1.165) is 24.3 Å². The minimum atomic E-state index is -4.08. The Labute approximate surface area is 149 Å². The number of Topliss-reactive ketones (excluding diaryl/α,β-unsaturated/α-hetero) is 1. The third-order valence-electron chi connectivity index (χ3n) is 3.51. The number of ether oxygens (including phenoxy) is 2. The fourth-order valence-corrected chi connectivity index (χ4v) is 3.28. The second-order valence-corrected chi connectivity index (χ2v) is 6.85. The van der Waals surface area contributed by atoms with Crippen molar-refractivity contribution >= 4 is 27.2 Å². The van der Waals surface area contributed by atoms with Crippen molar-refractivity contribution in [3.05, 3.63) is 52.1 Å². The van der Waals surface area contributed by atoms with Gasteiger partial charge in [-0.25, -0.2) is 8.42 Å². The van der Waals surface area contributed by atoms with E-state index in [2.05, 4.69) is 4.72 Å². The highest BCUT2D eigenvalue weighted by molar-refractivity contribution is 7.92. The predicted octanol–water partition coefficient (Wildman–Crippen LogP) is 2.62. The summed E-state index contributed by atoms with van der Waals surface area (Å²) in [5.74, 6) is 0.127. The average Bonchev–Trinajstić information content (AvgIpc) is 2.60. The van der Waals surface area contributed by atoms with Crippen LogP contribution in [0, 0.1) is 10.1 Å². The van der Waals surface area contributed by atoms with Crippen molar-refractivity contribution < 1.29 is 27.6 Å². The molecular weight excluding hydrogens is 364 g/mol. The summed E-state index contributed by atoms with van der Waals surface area (Å²) >= 11 is 0. The van der Waals surface area contributed by atoms with Crippen LogP contribution in [-0.2, 0) is 10.0 Å². The molecule has 0 aromatic heterocycles. The molecule has 0 spiro atoms. The summed E-state index contributed by atoms with van der Waals surface area (Å²) in [6, 6.07) is 7.07. The quantitative estimate of drug-likeness (QED) is 0.444. The lowest BCUT2D eigenvalue weighted by Crippen LogP contribution is -2.15. The van der Waals surface area contributed by atoms with E-state index in [9.17, 15) is 23.3 Å². The maximum Gasteiger partial charge on any atom is 0.269 e. The number of nitro benzene ring substituents is 1. The molecule has 2 rings (SSSR count). The summed E-state index contributed by atoms with van der Waals surface area (Å²) in [5, 5.41) is 10.7. The molecule has 0 aliphatic rings. The Bertz CT molecular complexity index is 953. The lowest BCUT2D eigenvalue weighted by Gasteiger charge is -2.15. The van der Waals surface area contributed by atoms with E-state index in [1.165, 1.54) is 33.3 Å². The van der Waals surface area contributed by atoms with Gasteiger partial charge in [-0.15, -0.1) is 0 Å². The van der Waals surface area contributed by atoms with Gasteiger partial charge >= 0.3 is 0 Å². The first-order chi connectivity index (χ1) is 12.2. The number of rotatable bonds is 7. The van der Waals surface area contributed by atoms with Crippen LogP contribution in [-0.4, -0.2) is 33.3 Å². The summed E-state index contributed by atoms with van der Waals surface area (Å²) in [4.78, 5) is 21.7. The van der Waals surface area contributed by atoms with Crippen molar-refractivity contribution in [3.8, 4) is 11.5 Å². The minimum Gasteiger partial charge on any atom is -0.493 e. The molecule has 0 radical (unpaired) electrons. The first kappa shape index (κ1) is 19.2. The lowest BCUT2D eigenvalue weighted by atomic mass is 10.1. The number of hydrogen-bond donors (Lipinski definition) is 1. The number of nitrogens with zero attached hydrogens (tertiary/aromatic N) is 1. The van der Waals surface area contributed by atoms with Gasteiger partial charge in [-0.1, -0.05) is 0 Å². The van der Waals surface area contributed by atoms with Crippen molar-refractivity contribution in [2.24, 2.45) is 0 Å². The molecule has 0 heterocycles. The highest BCUT2D eigenvalue weighted by Gasteiger charge is 2.21. The van der Waals surface area contributed by atoms with Gasteiger partial charge in [0.05, 0.1) is 29.7 Å². The first-order valence-electron chi connectivity index (χ1n) is 7.24. The van der Waals surface area contributed by atoms with E-state index in [0.29, 0.717) is 0 Å². The van der Waals surface area contributed by atoms with E-state index < -0.39 is 14.9 Å². The van der Waals surface area contributed by atoms with Gasteiger partial charge in [0.15, 0.2) is 17.3 Å². The summed E-state index contributed by atoms with van der Waals surface area (Å²) in [6.07, 6.45) is 0. The fourth-order valence-electron chi connectivity index (χ4n) is 2.21. The van der Waals surface area contributed by atoms with Crippen LogP contribution in [0.5, 0.6) is 11.5 Å². The topological polar surface area (TPSA) is 125 Å². The largest absolute Gasteiger partial charge is 0.493 e. The van der Waals surface area contributed by atoms with Crippen LogP contribution >= 0.6 is 0 Å². The zero-order valence-electron chi connectivity index (χ0n) is 14.2. The predicted molar refractivity (Wildman–Crippen MR) is 93.5 cm³/mol. The van der Waals surface area contributed by atoms with Crippen LogP contribution in [0.15, 0.2) is 41.3 Å². The van der Waals surface area contributed by atoms with Gasteiger partial charge in [0, 0.05) is 23.8 Å². The average molecular weight is 380 g/mol. The van der Waals surface area contributed by atoms with Crippen molar-refractivity contribution in [1.82, 2.24) is 0 Å². The second-order valence-electron chi connectivity index (χ2n) is 5.17. The molecule has 26 heavy (non-hydrogen) atoms. The smallest absolute Gasteiger partial charge is 0.269 e. The lowest BCUT2D eigenvalue weighted by molar-refractivity contribution is -0.384. The molecule has 0 unspecified atom stereocenters. The van der Waals surface area contributed by atoms with E-state index in [4.69, 9.17) is 9.47 Å².